The van der Waals surface area contributed by atoms with E-state index in [1.165, 1.54) is 18.2 Å². The molecule has 0 unspecified atom stereocenters. The van der Waals surface area contributed by atoms with Crippen LogP contribution in [0.15, 0.2) is 47.8 Å². The van der Waals surface area contributed by atoms with Crippen molar-refractivity contribution >= 4 is 28.6 Å². The minimum Gasteiger partial charge on any atom is -0.486 e. The molecular weight excluding hydrogens is 390 g/mol. The minimum absolute atomic E-state index is 0.0169. The number of nitro groups is 1. The normalized spacial score (nSPS) is 10.5. The Bertz CT molecular complexity index is 1050. The summed E-state index contributed by atoms with van der Waals surface area (Å²) < 4.78 is 31.8. The fraction of sp³-hybridized carbons (Fsp3) is 0.105. The summed E-state index contributed by atoms with van der Waals surface area (Å²) in [7, 11) is 0. The summed E-state index contributed by atoms with van der Waals surface area (Å²) in [5.74, 6) is -2.13. The second-order valence-corrected chi connectivity index (χ2v) is 6.83. The average molecular weight is 404 g/mol. The SMILES string of the molecule is Cc1ccc(NC(=O)c2cc(COc3ccc(F)cc3F)cs2)c([N+](=O)[O-])c1. The smallest absolute Gasteiger partial charge is 0.293 e. The van der Waals surface area contributed by atoms with Crippen molar-refractivity contribution < 1.29 is 23.2 Å². The molecule has 144 valence electrons. The van der Waals surface area contributed by atoms with Crippen LogP contribution in [0.1, 0.15) is 20.8 Å². The number of nitrogens with one attached hydrogen (secondary N) is 1. The fourth-order valence-corrected chi connectivity index (χ4v) is 3.20. The van der Waals surface area contributed by atoms with Crippen molar-refractivity contribution in [3.63, 3.8) is 0 Å². The molecule has 9 heteroatoms. The molecule has 0 atom stereocenters. The molecule has 0 bridgehead atoms. The van der Waals surface area contributed by atoms with Gasteiger partial charge in [-0.25, -0.2) is 8.78 Å². The Kier molecular flexibility index (Phi) is 5.65. The molecule has 28 heavy (non-hydrogen) atoms. The third-order valence-corrected chi connectivity index (χ3v) is 4.74. The van der Waals surface area contributed by atoms with Crippen LogP contribution in [0.3, 0.4) is 0 Å². The third-order valence-electron chi connectivity index (χ3n) is 3.76. The highest BCUT2D eigenvalue weighted by Gasteiger charge is 2.18. The van der Waals surface area contributed by atoms with Crippen LogP contribution >= 0.6 is 11.3 Å². The highest BCUT2D eigenvalue weighted by atomic mass is 32.1. The van der Waals surface area contributed by atoms with Gasteiger partial charge in [0, 0.05) is 17.7 Å². The zero-order valence-electron chi connectivity index (χ0n) is 14.6. The number of rotatable bonds is 6. The fourth-order valence-electron chi connectivity index (χ4n) is 2.41. The predicted molar refractivity (Wildman–Crippen MR) is 101 cm³/mol. The van der Waals surface area contributed by atoms with Gasteiger partial charge >= 0.3 is 0 Å². The number of hydrogen-bond acceptors (Lipinski definition) is 5. The maximum Gasteiger partial charge on any atom is 0.293 e. The van der Waals surface area contributed by atoms with Crippen LogP contribution < -0.4 is 10.1 Å². The van der Waals surface area contributed by atoms with Gasteiger partial charge in [-0.3, -0.25) is 14.9 Å². The number of thiophene rings is 1. The van der Waals surface area contributed by atoms with Gasteiger partial charge < -0.3 is 10.1 Å². The summed E-state index contributed by atoms with van der Waals surface area (Å²) in [4.78, 5) is 23.3. The molecule has 1 amide bonds. The number of nitro benzene ring substituents is 1. The Morgan fingerprint density at radius 1 is 1.21 bits per heavy atom. The first-order chi connectivity index (χ1) is 13.3. The Morgan fingerprint density at radius 2 is 2.00 bits per heavy atom. The van der Waals surface area contributed by atoms with E-state index in [2.05, 4.69) is 5.32 Å². The topological polar surface area (TPSA) is 81.5 Å². The van der Waals surface area contributed by atoms with E-state index in [1.807, 2.05) is 0 Å². The predicted octanol–water partition coefficient (Wildman–Crippen LogP) is 5.07. The van der Waals surface area contributed by atoms with Crippen molar-refractivity contribution in [2.75, 3.05) is 5.32 Å². The molecular formula is C19H14F2N2O4S. The molecule has 2 aromatic carbocycles. The largest absolute Gasteiger partial charge is 0.486 e. The average Bonchev–Trinajstić information content (AvgIpc) is 3.11. The Morgan fingerprint density at radius 3 is 2.71 bits per heavy atom. The molecule has 0 radical (unpaired) electrons. The van der Waals surface area contributed by atoms with Gasteiger partial charge in [0.15, 0.2) is 11.6 Å². The number of hydrogen-bond donors (Lipinski definition) is 1. The number of nitrogens with zero attached hydrogens (tertiary/aromatic N) is 1. The summed E-state index contributed by atoms with van der Waals surface area (Å²) in [6.07, 6.45) is 0. The number of amides is 1. The molecule has 0 spiro atoms. The van der Waals surface area contributed by atoms with Gasteiger partial charge in [-0.2, -0.15) is 0 Å². The van der Waals surface area contributed by atoms with Crippen molar-refractivity contribution in [1.82, 2.24) is 0 Å². The van der Waals surface area contributed by atoms with Crippen LogP contribution in [0.2, 0.25) is 0 Å². The van der Waals surface area contributed by atoms with Crippen LogP contribution in [-0.2, 0) is 6.61 Å². The monoisotopic (exact) mass is 404 g/mol. The maximum absolute atomic E-state index is 13.6. The lowest BCUT2D eigenvalue weighted by molar-refractivity contribution is -0.384. The highest BCUT2D eigenvalue weighted by Crippen LogP contribution is 2.27. The lowest BCUT2D eigenvalue weighted by Crippen LogP contribution is -2.11. The van der Waals surface area contributed by atoms with Crippen molar-refractivity contribution in [2.24, 2.45) is 0 Å². The molecule has 0 saturated heterocycles. The molecule has 6 nitrogen and oxygen atoms in total. The van der Waals surface area contributed by atoms with Crippen molar-refractivity contribution in [3.05, 3.63) is 85.6 Å². The van der Waals surface area contributed by atoms with E-state index < -0.39 is 22.5 Å². The van der Waals surface area contributed by atoms with Crippen molar-refractivity contribution in [2.45, 2.75) is 13.5 Å². The zero-order valence-corrected chi connectivity index (χ0v) is 15.4. The molecule has 0 aliphatic carbocycles. The highest BCUT2D eigenvalue weighted by molar-refractivity contribution is 7.12. The molecule has 1 heterocycles. The van der Waals surface area contributed by atoms with E-state index in [9.17, 15) is 23.7 Å². The molecule has 3 rings (SSSR count). The molecule has 0 saturated carbocycles. The molecule has 1 aromatic heterocycles. The molecule has 0 aliphatic rings. The van der Waals surface area contributed by atoms with E-state index in [-0.39, 0.29) is 23.7 Å². The van der Waals surface area contributed by atoms with Crippen LogP contribution in [0.4, 0.5) is 20.2 Å². The van der Waals surface area contributed by atoms with Crippen molar-refractivity contribution in [1.29, 1.82) is 0 Å². The Hall–Kier alpha value is -3.33. The molecule has 0 aliphatic heterocycles. The van der Waals surface area contributed by atoms with Gasteiger partial charge in [0.1, 0.15) is 18.1 Å². The maximum atomic E-state index is 13.6. The van der Waals surface area contributed by atoms with E-state index in [0.29, 0.717) is 16.0 Å². The van der Waals surface area contributed by atoms with E-state index in [0.717, 1.165) is 23.5 Å². The Balaban J connectivity index is 1.68. The quantitative estimate of drug-likeness (QED) is 0.459. The van der Waals surface area contributed by atoms with E-state index in [1.54, 1.807) is 24.4 Å². The van der Waals surface area contributed by atoms with Gasteiger partial charge in [-0.15, -0.1) is 11.3 Å². The summed E-state index contributed by atoms with van der Waals surface area (Å²) in [5.41, 5.74) is 1.21. The number of carbonyl (C=O) groups is 1. The van der Waals surface area contributed by atoms with Gasteiger partial charge in [0.2, 0.25) is 0 Å². The standard InChI is InChI=1S/C19H14F2N2O4S/c1-11-2-4-15(16(6-11)23(25)26)22-19(24)18-7-12(10-28-18)9-27-17-5-3-13(20)8-14(17)21/h2-8,10H,9H2,1H3,(H,22,24). The van der Waals surface area contributed by atoms with Gasteiger partial charge in [0.25, 0.3) is 11.6 Å². The van der Waals surface area contributed by atoms with Crippen LogP contribution in [0, 0.1) is 28.7 Å². The summed E-state index contributed by atoms with van der Waals surface area (Å²) in [6, 6.07) is 9.03. The van der Waals surface area contributed by atoms with Crippen LogP contribution in [0.5, 0.6) is 5.75 Å². The molecule has 0 fully saturated rings. The number of ether oxygens (including phenoxy) is 1. The Labute approximate surface area is 162 Å². The van der Waals surface area contributed by atoms with E-state index >= 15 is 0 Å². The first-order valence-corrected chi connectivity index (χ1v) is 8.93. The van der Waals surface area contributed by atoms with Crippen LogP contribution in [0.25, 0.3) is 0 Å². The summed E-state index contributed by atoms with van der Waals surface area (Å²) in [6.45, 7) is 1.70. The number of carbonyl (C=O) groups excluding carboxylic acids is 1. The first kappa shape index (κ1) is 19.4. The second kappa shape index (κ2) is 8.13. The van der Waals surface area contributed by atoms with Crippen LogP contribution in [-0.4, -0.2) is 10.8 Å². The summed E-state index contributed by atoms with van der Waals surface area (Å²) >= 11 is 1.12. The second-order valence-electron chi connectivity index (χ2n) is 5.91. The number of anilines is 1. The number of halogens is 2. The lowest BCUT2D eigenvalue weighted by atomic mass is 10.2. The van der Waals surface area contributed by atoms with Crippen molar-refractivity contribution in [3.8, 4) is 5.75 Å². The van der Waals surface area contributed by atoms with Gasteiger partial charge in [0.05, 0.1) is 9.80 Å². The number of benzene rings is 2. The zero-order chi connectivity index (χ0) is 20.3. The molecule has 3 aromatic rings. The van der Waals surface area contributed by atoms with E-state index in [4.69, 9.17) is 4.74 Å². The minimum atomic E-state index is -0.820. The summed E-state index contributed by atoms with van der Waals surface area (Å²) in [5, 5.41) is 15.3. The lowest BCUT2D eigenvalue weighted by Gasteiger charge is -2.06. The van der Waals surface area contributed by atoms with Gasteiger partial charge in [-0.1, -0.05) is 6.07 Å². The molecule has 1 N–H and O–H groups in total. The third kappa shape index (κ3) is 4.49. The van der Waals surface area contributed by atoms with Gasteiger partial charge in [-0.05, 0) is 42.1 Å². The number of aryl methyl sites for hydroxylation is 1. The first-order valence-electron chi connectivity index (χ1n) is 8.05.